The van der Waals surface area contributed by atoms with Gasteiger partial charge in [0.05, 0.1) is 34.2 Å². The molecule has 4 aromatic heterocycles. The van der Waals surface area contributed by atoms with Crippen molar-refractivity contribution in [2.75, 3.05) is 5.73 Å². The van der Waals surface area contributed by atoms with Gasteiger partial charge in [-0.1, -0.05) is 55.2 Å². The Kier molecular flexibility index (Phi) is 6.96. The quantitative estimate of drug-likeness (QED) is 0.344. The average Bonchev–Trinajstić information content (AvgIpc) is 3.53. The number of nitrogen functional groups attached to an aromatic ring is 1. The second-order valence-electron chi connectivity index (χ2n) is 8.57. The van der Waals surface area contributed by atoms with E-state index in [2.05, 4.69) is 46.1 Å². The number of aromatic nitrogens is 7. The molecule has 2 aromatic carbocycles. The van der Waals surface area contributed by atoms with Gasteiger partial charge in [-0.3, -0.25) is 9.48 Å². The van der Waals surface area contributed by atoms with Gasteiger partial charge in [-0.05, 0) is 30.7 Å². The van der Waals surface area contributed by atoms with Gasteiger partial charge in [0.1, 0.15) is 5.52 Å². The van der Waals surface area contributed by atoms with Crippen molar-refractivity contribution in [2.24, 2.45) is 12.8 Å². The van der Waals surface area contributed by atoms with Gasteiger partial charge in [-0.25, -0.2) is 19.5 Å². The van der Waals surface area contributed by atoms with Crippen LogP contribution in [-0.2, 0) is 13.5 Å². The summed E-state index contributed by atoms with van der Waals surface area (Å²) in [4.78, 5) is 24.6. The number of nitrogens with two attached hydrogens (primary N) is 2. The highest BCUT2D eigenvalue weighted by molar-refractivity contribution is 5.96. The van der Waals surface area contributed by atoms with Crippen LogP contribution in [0.25, 0.3) is 27.9 Å². The Labute approximate surface area is 224 Å². The predicted molar refractivity (Wildman–Crippen MR) is 149 cm³/mol. The van der Waals surface area contributed by atoms with Gasteiger partial charge in [0.25, 0.3) is 5.91 Å². The zero-order chi connectivity index (χ0) is 27.4. The molecule has 0 radical (unpaired) electrons. The van der Waals surface area contributed by atoms with E-state index in [9.17, 15) is 4.79 Å². The number of para-hydroxylation sites is 1. The lowest BCUT2D eigenvalue weighted by atomic mass is 10.1. The average molecular weight is 516 g/mol. The van der Waals surface area contributed by atoms with Crippen molar-refractivity contribution in [3.63, 3.8) is 0 Å². The molecule has 0 atom stereocenters. The third kappa shape index (κ3) is 5.28. The van der Waals surface area contributed by atoms with Gasteiger partial charge in [0, 0.05) is 25.0 Å². The molecule has 1 amide bonds. The number of hydrogen-bond acceptors (Lipinski definition) is 7. The normalized spacial score (nSPS) is 10.5. The summed E-state index contributed by atoms with van der Waals surface area (Å²) in [6, 6.07) is 19.5. The van der Waals surface area contributed by atoms with Gasteiger partial charge in [-0.15, -0.1) is 0 Å². The summed E-state index contributed by atoms with van der Waals surface area (Å²) in [5.41, 5.74) is 17.7. The fraction of sp³-hybridized carbons (Fsp3) is 0.103. The fourth-order valence-electron chi connectivity index (χ4n) is 4.05. The molecule has 0 bridgehead atoms. The number of hydrogen-bond donors (Lipinski definition) is 2. The molecule has 0 saturated carbocycles. The molecule has 4 N–H and O–H groups in total. The summed E-state index contributed by atoms with van der Waals surface area (Å²) >= 11 is 0. The number of anilines is 1. The predicted octanol–water partition coefficient (Wildman–Crippen LogP) is 3.40. The lowest BCUT2D eigenvalue weighted by Gasteiger charge is -2.09. The molecule has 39 heavy (non-hydrogen) atoms. The van der Waals surface area contributed by atoms with E-state index < -0.39 is 5.91 Å². The minimum atomic E-state index is -0.635. The first-order valence-corrected chi connectivity index (χ1v) is 12.2. The minimum Gasteiger partial charge on any atom is -0.382 e. The van der Waals surface area contributed by atoms with E-state index in [4.69, 9.17) is 21.4 Å². The zero-order valence-electron chi connectivity index (χ0n) is 21.4. The van der Waals surface area contributed by atoms with Gasteiger partial charge in [0.15, 0.2) is 17.2 Å². The SMILES string of the molecule is CCc1nc2cccc(C#Cc3cnn(C)c3)c2nc1-c1ccccc1.NC(=O)c1c(N)nc2cccnn12. The summed E-state index contributed by atoms with van der Waals surface area (Å²) in [7, 11) is 1.88. The monoisotopic (exact) mass is 515 g/mol. The largest absolute Gasteiger partial charge is 0.382 e. The van der Waals surface area contributed by atoms with Crippen molar-refractivity contribution in [1.29, 1.82) is 0 Å². The second kappa shape index (κ2) is 10.8. The van der Waals surface area contributed by atoms with Crippen LogP contribution in [0, 0.1) is 11.8 Å². The molecule has 6 rings (SSSR count). The standard InChI is InChI=1S/C22H18N4.C7H7N5O/c1-3-19-21(17-8-5-4-6-9-17)25-22-18(10-7-11-20(22)24-19)13-12-16-14-23-26(2)15-16;8-6-5(7(9)13)12-4(11-6)2-1-3-10-12/h4-11,14-15H,3H2,1-2H3;1-3H,8H2,(H2,9,13). The third-order valence-electron chi connectivity index (χ3n) is 5.85. The van der Waals surface area contributed by atoms with Crippen molar-refractivity contribution in [3.05, 3.63) is 102 Å². The second-order valence-corrected chi connectivity index (χ2v) is 8.57. The molecule has 0 aliphatic heterocycles. The topological polar surface area (TPSA) is 143 Å². The summed E-state index contributed by atoms with van der Waals surface area (Å²) in [5.74, 6) is 5.86. The molecule has 192 valence electrons. The lowest BCUT2D eigenvalue weighted by molar-refractivity contribution is 0.0994. The van der Waals surface area contributed by atoms with Crippen molar-refractivity contribution in [2.45, 2.75) is 13.3 Å². The maximum Gasteiger partial charge on any atom is 0.271 e. The molecule has 0 saturated heterocycles. The van der Waals surface area contributed by atoms with E-state index in [1.54, 1.807) is 23.0 Å². The molecule has 6 aromatic rings. The molecule has 10 nitrogen and oxygen atoms in total. The van der Waals surface area contributed by atoms with E-state index in [1.807, 2.05) is 49.6 Å². The van der Waals surface area contributed by atoms with Crippen LogP contribution in [0.1, 0.15) is 34.2 Å². The van der Waals surface area contributed by atoms with Gasteiger partial charge < -0.3 is 11.5 Å². The minimum absolute atomic E-state index is 0.103. The van der Waals surface area contributed by atoms with Crippen LogP contribution in [0.15, 0.2) is 79.3 Å². The number of fused-ring (bicyclic) bond motifs is 2. The fourth-order valence-corrected chi connectivity index (χ4v) is 4.05. The summed E-state index contributed by atoms with van der Waals surface area (Å²) in [6.45, 7) is 2.11. The Morgan fingerprint density at radius 1 is 0.949 bits per heavy atom. The van der Waals surface area contributed by atoms with E-state index in [0.29, 0.717) is 5.65 Å². The molecular weight excluding hydrogens is 490 g/mol. The molecule has 10 heteroatoms. The Morgan fingerprint density at radius 3 is 2.49 bits per heavy atom. The van der Waals surface area contributed by atoms with Crippen LogP contribution >= 0.6 is 0 Å². The number of amides is 1. The first-order valence-electron chi connectivity index (χ1n) is 12.2. The highest BCUT2D eigenvalue weighted by Crippen LogP contribution is 2.25. The molecule has 0 spiro atoms. The van der Waals surface area contributed by atoms with Crippen molar-refractivity contribution in [1.82, 2.24) is 34.3 Å². The molecule has 0 unspecified atom stereocenters. The maximum atomic E-state index is 10.9. The third-order valence-corrected chi connectivity index (χ3v) is 5.85. The van der Waals surface area contributed by atoms with Crippen molar-refractivity contribution >= 4 is 28.4 Å². The maximum absolute atomic E-state index is 10.9. The van der Waals surface area contributed by atoms with Crippen LogP contribution in [0.2, 0.25) is 0 Å². The lowest BCUT2D eigenvalue weighted by Crippen LogP contribution is -2.16. The van der Waals surface area contributed by atoms with Crippen molar-refractivity contribution < 1.29 is 4.79 Å². The summed E-state index contributed by atoms with van der Waals surface area (Å²) in [5, 5.41) is 8.05. The molecule has 0 fully saturated rings. The number of aryl methyl sites for hydroxylation is 2. The molecular formula is C29H25N9O. The molecule has 0 aliphatic carbocycles. The Bertz CT molecular complexity index is 1860. The number of benzene rings is 2. The number of carbonyl (C=O) groups excluding carboxylic acids is 1. The van der Waals surface area contributed by atoms with Crippen LogP contribution in [0.4, 0.5) is 5.82 Å². The first kappa shape index (κ1) is 25.1. The van der Waals surface area contributed by atoms with Crippen LogP contribution in [0.3, 0.4) is 0 Å². The smallest absolute Gasteiger partial charge is 0.271 e. The number of imidazole rings is 1. The number of primary amides is 1. The summed E-state index contributed by atoms with van der Waals surface area (Å²) in [6.07, 6.45) is 6.02. The van der Waals surface area contributed by atoms with Gasteiger partial charge >= 0.3 is 0 Å². The molecule has 4 heterocycles. The number of nitrogens with zero attached hydrogens (tertiary/aromatic N) is 7. The highest BCUT2D eigenvalue weighted by atomic mass is 16.1. The van der Waals surface area contributed by atoms with Gasteiger partial charge in [-0.2, -0.15) is 10.2 Å². The van der Waals surface area contributed by atoms with Crippen LogP contribution < -0.4 is 11.5 Å². The van der Waals surface area contributed by atoms with E-state index >= 15 is 0 Å². The Morgan fingerprint density at radius 2 is 1.77 bits per heavy atom. The Hall–Kier alpha value is -5.56. The number of carbonyl (C=O) groups is 1. The van der Waals surface area contributed by atoms with Crippen molar-refractivity contribution in [3.8, 4) is 23.1 Å². The summed E-state index contributed by atoms with van der Waals surface area (Å²) < 4.78 is 3.06. The van der Waals surface area contributed by atoms with Crippen LogP contribution in [0.5, 0.6) is 0 Å². The van der Waals surface area contributed by atoms with E-state index in [1.165, 1.54) is 10.7 Å². The zero-order valence-corrected chi connectivity index (χ0v) is 21.4. The van der Waals surface area contributed by atoms with Gasteiger partial charge in [0.2, 0.25) is 0 Å². The van der Waals surface area contributed by atoms with E-state index in [-0.39, 0.29) is 11.5 Å². The van der Waals surface area contributed by atoms with Crippen LogP contribution in [-0.4, -0.2) is 40.3 Å². The Balaban J connectivity index is 0.000000198. The first-order chi connectivity index (χ1) is 18.9. The number of rotatable bonds is 3. The highest BCUT2D eigenvalue weighted by Gasteiger charge is 2.14. The molecule has 0 aliphatic rings. The van der Waals surface area contributed by atoms with E-state index in [0.717, 1.165) is 45.5 Å².